The molecule has 0 aliphatic heterocycles. The molecule has 8 nitrogen and oxygen atoms in total. The molecule has 3 aromatic rings. The summed E-state index contributed by atoms with van der Waals surface area (Å²) >= 11 is 6.07. The molecule has 0 unspecified atom stereocenters. The predicted octanol–water partition coefficient (Wildman–Crippen LogP) is 3.95. The second kappa shape index (κ2) is 8.32. The second-order valence-corrected chi connectivity index (χ2v) is 7.97. The third-order valence-electron chi connectivity index (χ3n) is 5.20. The average molecular weight is 414 g/mol. The van der Waals surface area contributed by atoms with E-state index in [0.29, 0.717) is 16.9 Å². The number of hydrogen-bond acceptors (Lipinski definition) is 5. The topological polar surface area (TPSA) is 90.5 Å². The summed E-state index contributed by atoms with van der Waals surface area (Å²) in [5.41, 5.74) is 2.64. The van der Waals surface area contributed by atoms with E-state index >= 15 is 0 Å². The van der Waals surface area contributed by atoms with E-state index in [9.17, 15) is 4.79 Å². The zero-order chi connectivity index (χ0) is 20.4. The average Bonchev–Trinajstić information content (AvgIpc) is 3.31. The highest BCUT2D eigenvalue weighted by molar-refractivity contribution is 6.31. The van der Waals surface area contributed by atoms with Crippen molar-refractivity contribution >= 4 is 23.3 Å². The van der Waals surface area contributed by atoms with Gasteiger partial charge in [0.2, 0.25) is 11.7 Å². The molecule has 1 saturated carbocycles. The Morgan fingerprint density at radius 1 is 1.17 bits per heavy atom. The van der Waals surface area contributed by atoms with Crippen molar-refractivity contribution in [2.75, 3.05) is 5.32 Å². The van der Waals surface area contributed by atoms with Crippen LogP contribution in [0, 0.1) is 13.8 Å². The summed E-state index contributed by atoms with van der Waals surface area (Å²) in [4.78, 5) is 13.9. The molecule has 0 saturated heterocycles. The Morgan fingerprint density at radius 2 is 1.97 bits per heavy atom. The smallest absolute Gasteiger partial charge is 0.249 e. The first-order valence-electron chi connectivity index (χ1n) is 9.90. The van der Waals surface area contributed by atoms with Crippen LogP contribution in [0.25, 0.3) is 11.4 Å². The lowest BCUT2D eigenvalue weighted by Crippen LogP contribution is -2.24. The lowest BCUT2D eigenvalue weighted by Gasteiger charge is -2.23. The molecule has 1 amide bonds. The highest BCUT2D eigenvalue weighted by Gasteiger charge is 2.20. The van der Waals surface area contributed by atoms with Crippen molar-refractivity contribution < 1.29 is 4.79 Å². The van der Waals surface area contributed by atoms with Gasteiger partial charge in [0.1, 0.15) is 12.4 Å². The molecule has 0 atom stereocenters. The second-order valence-electron chi connectivity index (χ2n) is 7.56. The zero-order valence-electron chi connectivity index (χ0n) is 16.6. The highest BCUT2D eigenvalue weighted by atomic mass is 35.5. The van der Waals surface area contributed by atoms with Crippen molar-refractivity contribution in [3.05, 3.63) is 40.5 Å². The highest BCUT2D eigenvalue weighted by Crippen LogP contribution is 2.30. The third kappa shape index (κ3) is 4.48. The Kier molecular flexibility index (Phi) is 5.62. The summed E-state index contributed by atoms with van der Waals surface area (Å²) in [6, 6.07) is 7.78. The van der Waals surface area contributed by atoms with Gasteiger partial charge < -0.3 is 5.32 Å². The minimum absolute atomic E-state index is 0.0194. The lowest BCUT2D eigenvalue weighted by molar-refractivity contribution is -0.117. The number of aromatic nitrogens is 6. The fourth-order valence-corrected chi connectivity index (χ4v) is 3.85. The van der Waals surface area contributed by atoms with Crippen molar-refractivity contribution in [1.82, 2.24) is 30.0 Å². The fraction of sp³-hybridized carbons (Fsp3) is 0.450. The summed E-state index contributed by atoms with van der Waals surface area (Å²) < 4.78 is 1.96. The minimum Gasteiger partial charge on any atom is -0.309 e. The van der Waals surface area contributed by atoms with Gasteiger partial charge in [0.15, 0.2) is 0 Å². The first-order valence-corrected chi connectivity index (χ1v) is 10.3. The molecule has 1 aliphatic rings. The van der Waals surface area contributed by atoms with Crippen LogP contribution in [0.5, 0.6) is 0 Å². The van der Waals surface area contributed by atoms with Gasteiger partial charge in [-0.1, -0.05) is 30.9 Å². The number of anilines is 1. The SMILES string of the molecule is Cc1cc(NC(=O)Cn2nnc(-c3ccc(Cl)c(C)c3)n2)n(C2CCCCC2)n1. The normalized spacial score (nSPS) is 14.9. The van der Waals surface area contributed by atoms with E-state index in [2.05, 4.69) is 25.8 Å². The summed E-state index contributed by atoms with van der Waals surface area (Å²) in [6.45, 7) is 3.84. The quantitative estimate of drug-likeness (QED) is 0.683. The molecule has 2 heterocycles. The van der Waals surface area contributed by atoms with Gasteiger partial charge in [-0.25, -0.2) is 4.68 Å². The summed E-state index contributed by atoms with van der Waals surface area (Å²) in [5, 5.41) is 20.6. The van der Waals surface area contributed by atoms with Crippen LogP contribution in [-0.2, 0) is 11.3 Å². The van der Waals surface area contributed by atoms with Gasteiger partial charge >= 0.3 is 0 Å². The monoisotopic (exact) mass is 413 g/mol. The van der Waals surface area contributed by atoms with Crippen molar-refractivity contribution in [1.29, 1.82) is 0 Å². The fourth-order valence-electron chi connectivity index (χ4n) is 3.73. The molecule has 4 rings (SSSR count). The van der Waals surface area contributed by atoms with Gasteiger partial charge in [-0.15, -0.1) is 10.2 Å². The molecule has 0 spiro atoms. The molecule has 9 heteroatoms. The number of amides is 1. The first-order chi connectivity index (χ1) is 14.0. The maximum absolute atomic E-state index is 12.6. The molecule has 1 aliphatic carbocycles. The van der Waals surface area contributed by atoms with Crippen molar-refractivity contribution in [2.24, 2.45) is 0 Å². The molecule has 1 fully saturated rings. The van der Waals surface area contributed by atoms with Crippen molar-refractivity contribution in [3.63, 3.8) is 0 Å². The Hall–Kier alpha value is -2.74. The van der Waals surface area contributed by atoms with E-state index in [0.717, 1.165) is 35.5 Å². The molecule has 152 valence electrons. The van der Waals surface area contributed by atoms with Crippen LogP contribution in [0.4, 0.5) is 5.82 Å². The Balaban J connectivity index is 1.44. The maximum atomic E-state index is 12.6. The Labute approximate surface area is 174 Å². The number of rotatable bonds is 5. The molecule has 0 bridgehead atoms. The summed E-state index contributed by atoms with van der Waals surface area (Å²) in [5.74, 6) is 0.979. The van der Waals surface area contributed by atoms with Gasteiger partial charge in [-0.3, -0.25) is 4.79 Å². The van der Waals surface area contributed by atoms with Crippen LogP contribution in [0.15, 0.2) is 24.3 Å². The molecular formula is C20H24ClN7O. The molecule has 2 aromatic heterocycles. The van der Waals surface area contributed by atoms with Crippen LogP contribution in [0.3, 0.4) is 0 Å². The summed E-state index contributed by atoms with van der Waals surface area (Å²) in [6.07, 6.45) is 5.86. The van der Waals surface area contributed by atoms with E-state index in [1.54, 1.807) is 6.07 Å². The zero-order valence-corrected chi connectivity index (χ0v) is 17.4. The molecular weight excluding hydrogens is 390 g/mol. The van der Waals surface area contributed by atoms with E-state index in [1.807, 2.05) is 36.7 Å². The number of benzene rings is 1. The van der Waals surface area contributed by atoms with Gasteiger partial charge in [0, 0.05) is 16.7 Å². The molecule has 1 aromatic carbocycles. The Morgan fingerprint density at radius 3 is 2.72 bits per heavy atom. The van der Waals surface area contributed by atoms with Crippen LogP contribution < -0.4 is 5.32 Å². The number of nitrogens with zero attached hydrogens (tertiary/aromatic N) is 6. The van der Waals surface area contributed by atoms with E-state index in [1.165, 1.54) is 24.1 Å². The first kappa shape index (κ1) is 19.6. The molecule has 0 radical (unpaired) electrons. The number of carbonyl (C=O) groups excluding carboxylic acids is 1. The maximum Gasteiger partial charge on any atom is 0.249 e. The van der Waals surface area contributed by atoms with Gasteiger partial charge in [0.25, 0.3) is 0 Å². The van der Waals surface area contributed by atoms with Gasteiger partial charge in [0.05, 0.1) is 11.7 Å². The minimum atomic E-state index is -0.210. The standard InChI is InChI=1S/C20H24ClN7O/c1-13-10-15(8-9-17(13)21)20-23-26-27(25-20)12-19(29)22-18-11-14(2)24-28(18)16-6-4-3-5-7-16/h8-11,16H,3-7,12H2,1-2H3,(H,22,29). The number of aryl methyl sites for hydroxylation is 2. The van der Waals surface area contributed by atoms with Crippen molar-refractivity contribution in [2.45, 2.75) is 58.5 Å². The molecule has 1 N–H and O–H groups in total. The van der Waals surface area contributed by atoms with Crippen LogP contribution in [-0.4, -0.2) is 35.9 Å². The van der Waals surface area contributed by atoms with E-state index < -0.39 is 0 Å². The van der Waals surface area contributed by atoms with Crippen molar-refractivity contribution in [3.8, 4) is 11.4 Å². The third-order valence-corrected chi connectivity index (χ3v) is 5.62. The lowest BCUT2D eigenvalue weighted by atomic mass is 9.96. The molecule has 29 heavy (non-hydrogen) atoms. The van der Waals surface area contributed by atoms with Crippen LogP contribution in [0.1, 0.15) is 49.4 Å². The number of nitrogens with one attached hydrogen (secondary N) is 1. The van der Waals surface area contributed by atoms with Gasteiger partial charge in [-0.05, 0) is 55.7 Å². The largest absolute Gasteiger partial charge is 0.309 e. The predicted molar refractivity (Wildman–Crippen MR) is 111 cm³/mol. The number of tetrazole rings is 1. The number of carbonyl (C=O) groups is 1. The Bertz CT molecular complexity index is 1020. The number of hydrogen-bond donors (Lipinski definition) is 1. The van der Waals surface area contributed by atoms with Crippen LogP contribution in [0.2, 0.25) is 5.02 Å². The van der Waals surface area contributed by atoms with E-state index in [-0.39, 0.29) is 12.5 Å². The number of halogens is 1. The van der Waals surface area contributed by atoms with Crippen LogP contribution >= 0.6 is 11.6 Å². The van der Waals surface area contributed by atoms with E-state index in [4.69, 9.17) is 11.6 Å². The summed E-state index contributed by atoms with van der Waals surface area (Å²) in [7, 11) is 0. The van der Waals surface area contributed by atoms with Gasteiger partial charge in [-0.2, -0.15) is 9.90 Å².